The molecule has 2 heteroatoms. The average molecular weight is 535 g/mol. The Bertz CT molecular complexity index is 2190. The molecule has 2 heterocycles. The highest BCUT2D eigenvalue weighted by molar-refractivity contribution is 7.01. The van der Waals surface area contributed by atoms with Crippen molar-refractivity contribution >= 4 is 72.5 Å². The zero-order chi connectivity index (χ0) is 27.4. The summed E-state index contributed by atoms with van der Waals surface area (Å²) in [7, 11) is 0. The van der Waals surface area contributed by atoms with Crippen LogP contribution in [0.5, 0.6) is 0 Å². The molecule has 198 valence electrons. The summed E-state index contributed by atoms with van der Waals surface area (Å²) >= 11 is 0. The molecule has 0 amide bonds. The van der Waals surface area contributed by atoms with Gasteiger partial charge in [-0.05, 0) is 91.5 Å². The van der Waals surface area contributed by atoms with Crippen molar-refractivity contribution in [1.29, 1.82) is 0 Å². The normalized spacial score (nSPS) is 15.9. The van der Waals surface area contributed by atoms with E-state index in [9.17, 15) is 0 Å². The number of nitrogens with zero attached hydrogens (tertiary/aromatic N) is 1. The van der Waals surface area contributed by atoms with Crippen LogP contribution in [0.15, 0.2) is 115 Å². The quantitative estimate of drug-likeness (QED) is 0.158. The lowest BCUT2D eigenvalue weighted by molar-refractivity contribution is 0.444. The number of hydrogen-bond acceptors (Lipinski definition) is 1. The first-order chi connectivity index (χ1) is 20.8. The smallest absolute Gasteiger partial charge is 0.248 e. The van der Waals surface area contributed by atoms with Crippen molar-refractivity contribution in [2.75, 3.05) is 4.90 Å². The van der Waals surface area contributed by atoms with Crippen molar-refractivity contribution < 1.29 is 0 Å². The van der Waals surface area contributed by atoms with Gasteiger partial charge in [-0.1, -0.05) is 122 Å². The van der Waals surface area contributed by atoms with Gasteiger partial charge in [-0.2, -0.15) is 0 Å². The van der Waals surface area contributed by atoms with Gasteiger partial charge in [0.05, 0.1) is 5.69 Å². The molecule has 0 aromatic heterocycles. The predicted molar refractivity (Wildman–Crippen MR) is 181 cm³/mol. The van der Waals surface area contributed by atoms with Gasteiger partial charge in [0.1, 0.15) is 0 Å². The fraction of sp³-hybridized carbons (Fsp3) is 0.150. The lowest BCUT2D eigenvalue weighted by Gasteiger charge is -2.37. The Morgan fingerprint density at radius 2 is 1.24 bits per heavy atom. The number of rotatable bonds is 2. The van der Waals surface area contributed by atoms with Gasteiger partial charge >= 0.3 is 0 Å². The van der Waals surface area contributed by atoms with Crippen molar-refractivity contribution in [2.24, 2.45) is 0 Å². The van der Waals surface area contributed by atoms with Gasteiger partial charge in [0, 0.05) is 16.8 Å². The summed E-state index contributed by atoms with van der Waals surface area (Å²) in [4.78, 5) is 2.59. The molecule has 0 unspecified atom stereocenters. The molecular weight excluding hydrogens is 505 g/mol. The third-order valence-electron chi connectivity index (χ3n) is 10.6. The Kier molecular flexibility index (Phi) is 4.66. The minimum atomic E-state index is 0.280. The lowest BCUT2D eigenvalue weighted by atomic mass is 9.37. The monoisotopic (exact) mass is 535 g/mol. The van der Waals surface area contributed by atoms with E-state index in [1.54, 1.807) is 0 Å². The van der Waals surface area contributed by atoms with E-state index in [1.807, 2.05) is 0 Å². The summed E-state index contributed by atoms with van der Waals surface area (Å²) in [6.45, 7) is 0.280. The molecule has 0 atom stereocenters. The Balaban J connectivity index is 1.28. The first-order valence-electron chi connectivity index (χ1n) is 15.7. The van der Waals surface area contributed by atoms with Crippen LogP contribution in [0.3, 0.4) is 0 Å². The maximum atomic E-state index is 2.60. The first kappa shape index (κ1) is 23.1. The zero-order valence-electron chi connectivity index (χ0n) is 23.6. The summed E-state index contributed by atoms with van der Waals surface area (Å²) in [5.74, 6) is 0.681. The standard InChI is InChI=1S/C40H30BN/c1-2-8-25(9-3-1)29-20-23-36-34(24-29)41-33-14-5-4-12-30(33)31-13-7-15-37(40(31)41)42(36)35-22-19-28-17-16-26-10-6-11-27-18-21-32(35)39(28)38(26)27/h4-7,10-25H,1-3,8-9H2. The second-order valence-electron chi connectivity index (χ2n) is 12.7. The molecule has 0 spiro atoms. The van der Waals surface area contributed by atoms with Crippen LogP contribution >= 0.6 is 0 Å². The summed E-state index contributed by atoms with van der Waals surface area (Å²) in [5.41, 5.74) is 12.6. The summed E-state index contributed by atoms with van der Waals surface area (Å²) < 4.78 is 0. The molecule has 1 nitrogen and oxygen atoms in total. The Labute approximate surface area is 246 Å². The van der Waals surface area contributed by atoms with Crippen LogP contribution < -0.4 is 21.3 Å². The highest BCUT2D eigenvalue weighted by Gasteiger charge is 2.42. The first-order valence-corrected chi connectivity index (χ1v) is 15.7. The molecule has 7 aromatic carbocycles. The highest BCUT2D eigenvalue weighted by Crippen LogP contribution is 2.46. The van der Waals surface area contributed by atoms with Crippen LogP contribution in [-0.2, 0) is 0 Å². The molecule has 0 bridgehead atoms. The molecule has 1 saturated carbocycles. The van der Waals surface area contributed by atoms with Crippen LogP contribution in [0.4, 0.5) is 17.1 Å². The van der Waals surface area contributed by atoms with E-state index in [0.717, 1.165) is 0 Å². The van der Waals surface area contributed by atoms with Crippen molar-refractivity contribution in [1.82, 2.24) is 0 Å². The van der Waals surface area contributed by atoms with E-state index in [1.165, 1.54) is 115 Å². The van der Waals surface area contributed by atoms with E-state index in [0.29, 0.717) is 5.92 Å². The van der Waals surface area contributed by atoms with Crippen molar-refractivity contribution in [2.45, 2.75) is 38.0 Å². The van der Waals surface area contributed by atoms with Gasteiger partial charge in [0.2, 0.25) is 6.71 Å². The second-order valence-corrected chi connectivity index (χ2v) is 12.7. The fourth-order valence-electron chi connectivity index (χ4n) is 8.76. The van der Waals surface area contributed by atoms with Crippen LogP contribution in [0.2, 0.25) is 0 Å². The van der Waals surface area contributed by atoms with E-state index < -0.39 is 0 Å². The van der Waals surface area contributed by atoms with Crippen LogP contribution in [0.25, 0.3) is 43.4 Å². The van der Waals surface area contributed by atoms with E-state index in [-0.39, 0.29) is 6.71 Å². The predicted octanol–water partition coefficient (Wildman–Crippen LogP) is 8.91. The molecular formula is C40H30BN. The molecule has 3 aliphatic rings. The third kappa shape index (κ3) is 3.00. The Morgan fingerprint density at radius 1 is 0.524 bits per heavy atom. The average Bonchev–Trinajstić information content (AvgIpc) is 3.40. The lowest BCUT2D eigenvalue weighted by Crippen LogP contribution is -2.54. The van der Waals surface area contributed by atoms with Crippen molar-refractivity contribution in [3.63, 3.8) is 0 Å². The molecule has 10 rings (SSSR count). The topological polar surface area (TPSA) is 3.24 Å². The molecule has 2 aliphatic heterocycles. The summed E-state index contributed by atoms with van der Waals surface area (Å²) in [5, 5.41) is 8.02. The van der Waals surface area contributed by atoms with Gasteiger partial charge in [-0.25, -0.2) is 0 Å². The number of hydrogen-bond donors (Lipinski definition) is 0. The largest absolute Gasteiger partial charge is 0.311 e. The van der Waals surface area contributed by atoms with Gasteiger partial charge in [-0.3, -0.25) is 0 Å². The van der Waals surface area contributed by atoms with Crippen LogP contribution in [0.1, 0.15) is 43.6 Å². The van der Waals surface area contributed by atoms with Gasteiger partial charge in [0.15, 0.2) is 0 Å². The molecule has 0 saturated heterocycles. The van der Waals surface area contributed by atoms with E-state index in [4.69, 9.17) is 0 Å². The van der Waals surface area contributed by atoms with Gasteiger partial charge < -0.3 is 4.90 Å². The Hall–Kier alpha value is -4.56. The Morgan fingerprint density at radius 3 is 2.12 bits per heavy atom. The van der Waals surface area contributed by atoms with Gasteiger partial charge in [0.25, 0.3) is 0 Å². The van der Waals surface area contributed by atoms with Crippen molar-refractivity contribution in [3.8, 4) is 11.1 Å². The minimum absolute atomic E-state index is 0.280. The zero-order valence-corrected chi connectivity index (χ0v) is 23.6. The van der Waals surface area contributed by atoms with Crippen molar-refractivity contribution in [3.05, 3.63) is 121 Å². The second kappa shape index (κ2) is 8.49. The third-order valence-corrected chi connectivity index (χ3v) is 10.6. The maximum Gasteiger partial charge on any atom is 0.248 e. The fourth-order valence-corrected chi connectivity index (χ4v) is 8.76. The molecule has 7 aromatic rings. The molecule has 42 heavy (non-hydrogen) atoms. The number of anilines is 3. The molecule has 0 N–H and O–H groups in total. The van der Waals surface area contributed by atoms with Gasteiger partial charge in [-0.15, -0.1) is 0 Å². The minimum Gasteiger partial charge on any atom is -0.311 e. The summed E-state index contributed by atoms with van der Waals surface area (Å²) in [6.07, 6.45) is 6.74. The molecule has 0 radical (unpaired) electrons. The van der Waals surface area contributed by atoms with E-state index in [2.05, 4.69) is 120 Å². The number of benzene rings is 7. The van der Waals surface area contributed by atoms with Crippen LogP contribution in [0, 0.1) is 0 Å². The molecule has 1 fully saturated rings. The highest BCUT2D eigenvalue weighted by atomic mass is 15.2. The van der Waals surface area contributed by atoms with E-state index >= 15 is 0 Å². The molecule has 1 aliphatic carbocycles. The SMILES string of the molecule is c1ccc2c(c1)B1c3cc(C4CCCCC4)ccc3N(c3ccc4ccc5cccc6ccc3c4c56)c3cccc-2c31. The maximum absolute atomic E-state index is 2.60. The van der Waals surface area contributed by atoms with Crippen LogP contribution in [-0.4, -0.2) is 6.71 Å². The number of fused-ring (bicyclic) bond motifs is 5. The summed E-state index contributed by atoms with van der Waals surface area (Å²) in [6, 6.07) is 44.2.